The van der Waals surface area contributed by atoms with Crippen LogP contribution in [-0.2, 0) is 85.7 Å². The van der Waals surface area contributed by atoms with E-state index in [0.717, 1.165) is 64.2 Å². The first-order chi connectivity index (χ1) is 38.0. The molecule has 0 aromatic heterocycles. The zero-order valence-corrected chi connectivity index (χ0v) is 49.5. The Labute approximate surface area is 531 Å². The molecular weight excluding hydrogens is 1130 g/mol. The number of rotatable bonds is 16. The summed E-state index contributed by atoms with van der Waals surface area (Å²) in [4.78, 5) is 95.9. The minimum absolute atomic E-state index is 0. The lowest BCUT2D eigenvalue weighted by atomic mass is 9.78. The fraction of sp³-hybridized carbons (Fsp3) is 0.886. The minimum Gasteiger partial charge on any atom is -0.465 e. The van der Waals surface area contributed by atoms with E-state index in [1.807, 2.05) is 83.1 Å². The zero-order valence-electron chi connectivity index (χ0n) is 49.5. The predicted molar refractivity (Wildman–Crippen MR) is 339 cm³/mol. The van der Waals surface area contributed by atoms with Gasteiger partial charge in [-0.05, 0) is 118 Å². The van der Waals surface area contributed by atoms with Gasteiger partial charge in [-0.1, -0.05) is 101 Å². The second-order valence-electron chi connectivity index (χ2n) is 26.8. The van der Waals surface area contributed by atoms with Crippen LogP contribution in [0.3, 0.4) is 0 Å². The molecule has 18 heteroatoms. The molecule has 12 aliphatic rings. The fourth-order valence-electron chi connectivity index (χ4n) is 16.2. The van der Waals surface area contributed by atoms with Crippen molar-refractivity contribution in [2.45, 2.75) is 243 Å². The maximum Gasteiger partial charge on any atom is 0.311 e. The molecule has 8 aliphatic carbocycles. The van der Waals surface area contributed by atoms with Gasteiger partial charge in [-0.25, -0.2) is 0 Å². The molecule has 0 amide bonds. The number of cyclic esters (lactones) is 4. The van der Waals surface area contributed by atoms with Crippen molar-refractivity contribution in [3.63, 3.8) is 0 Å². The molecule has 18 nitrogen and oxygen atoms in total. The molecule has 0 aromatic rings. The van der Waals surface area contributed by atoms with E-state index in [9.17, 15) is 38.4 Å². The summed E-state index contributed by atoms with van der Waals surface area (Å²) in [5.41, 5.74) is -0.919. The molecule has 24 unspecified atom stereocenters. The van der Waals surface area contributed by atoms with Gasteiger partial charge >= 0.3 is 47.8 Å². The number of carbonyl (C=O) groups is 8. The molecule has 0 radical (unpaired) electrons. The number of hydrogen-bond acceptors (Lipinski definition) is 18. The first-order valence-corrected chi connectivity index (χ1v) is 30.8. The maximum absolute atomic E-state index is 12.5. The lowest BCUT2D eigenvalue weighted by Crippen LogP contribution is -2.47. The predicted octanol–water partition coefficient (Wildman–Crippen LogP) is 13.0. The Morgan fingerprint density at radius 3 is 1.07 bits per heavy atom. The molecule has 8 bridgehead atoms. The molecule has 0 aromatic carbocycles. The average Bonchev–Trinajstić information content (AvgIpc) is 1.64. The van der Waals surface area contributed by atoms with Gasteiger partial charge in [-0.3, -0.25) is 38.4 Å². The van der Waals surface area contributed by atoms with E-state index in [-0.39, 0.29) is 227 Å². The lowest BCUT2D eigenvalue weighted by Gasteiger charge is -2.36. The van der Waals surface area contributed by atoms with Crippen molar-refractivity contribution in [2.24, 2.45) is 117 Å². The summed E-state index contributed by atoms with van der Waals surface area (Å²) in [7, 11) is 0. The van der Waals surface area contributed by atoms with Crippen molar-refractivity contribution in [1.82, 2.24) is 0 Å². The Bertz CT molecular complexity index is 2330. The van der Waals surface area contributed by atoms with Crippen LogP contribution in [0.4, 0.5) is 0 Å². The van der Waals surface area contributed by atoms with Gasteiger partial charge in [0.1, 0.15) is 24.4 Å². The zero-order chi connectivity index (χ0) is 57.9. The van der Waals surface area contributed by atoms with Crippen LogP contribution in [0.1, 0.15) is 207 Å². The topological polar surface area (TPSA) is 229 Å². The highest BCUT2D eigenvalue weighted by Crippen LogP contribution is 2.60. The summed E-state index contributed by atoms with van der Waals surface area (Å²) in [6.45, 7) is 26.4. The second kappa shape index (κ2) is 32.8. The summed E-state index contributed by atoms with van der Waals surface area (Å²) < 4.78 is 55.4. The van der Waals surface area contributed by atoms with Gasteiger partial charge in [0, 0.05) is 72.4 Å². The van der Waals surface area contributed by atoms with Crippen LogP contribution in [-0.4, -0.2) is 124 Å². The van der Waals surface area contributed by atoms with Crippen LogP contribution in [0, 0.1) is 117 Å². The van der Waals surface area contributed by atoms with Crippen molar-refractivity contribution >= 4 is 47.8 Å². The van der Waals surface area contributed by atoms with E-state index < -0.39 is 10.8 Å². The Morgan fingerprint density at radius 1 is 0.398 bits per heavy atom. The molecule has 4 saturated heterocycles. The van der Waals surface area contributed by atoms with Gasteiger partial charge in [-0.15, -0.1) is 0 Å². The van der Waals surface area contributed by atoms with Crippen molar-refractivity contribution in [2.75, 3.05) is 39.6 Å². The van der Waals surface area contributed by atoms with E-state index in [2.05, 4.69) is 0 Å². The summed E-state index contributed by atoms with van der Waals surface area (Å²) in [6.07, 6.45) is 7.87. The fourth-order valence-corrected chi connectivity index (χ4v) is 16.2. The van der Waals surface area contributed by atoms with Crippen LogP contribution < -0.4 is 0 Å². The molecule has 512 valence electrons. The van der Waals surface area contributed by atoms with Gasteiger partial charge in [0.05, 0.1) is 85.0 Å². The van der Waals surface area contributed by atoms with Gasteiger partial charge < -0.3 is 47.4 Å². The second-order valence-corrected chi connectivity index (χ2v) is 26.8. The van der Waals surface area contributed by atoms with Crippen molar-refractivity contribution in [3.8, 4) is 0 Å². The Hall–Kier alpha value is -4.32. The molecular formula is C70H124O18. The molecule has 0 spiro atoms. The van der Waals surface area contributed by atoms with Crippen molar-refractivity contribution < 1.29 is 85.7 Å². The third-order valence-corrected chi connectivity index (χ3v) is 22.0. The number of ether oxygens (including phenoxy) is 10. The van der Waals surface area contributed by atoms with Crippen LogP contribution in [0.2, 0.25) is 0 Å². The molecule has 4 aliphatic heterocycles. The smallest absolute Gasteiger partial charge is 0.311 e. The first-order valence-electron chi connectivity index (χ1n) is 30.8. The van der Waals surface area contributed by atoms with Crippen LogP contribution in [0.5, 0.6) is 0 Å². The van der Waals surface area contributed by atoms with E-state index in [1.54, 1.807) is 0 Å². The molecule has 12 rings (SSSR count). The first kappa shape index (κ1) is 81.7. The Balaban J connectivity index is 0.000000571. The standard InChI is InChI=1S/C17H26O5.C16H24O5.C15H22O4.C14H20O4.8CH4/c1-5-17(3,4)16(19)22-14-9-7-10(13(14)20-6-2)12-11(9)8-21-15(12)18;1-4-8(3)15(17)21-14-9-6-10(13(14)19-5-2)12-11(9)7-20-16(12)18;1-4-15(2,3)14(17)19-11-6-8-5-9(11)12-10(8)7-18-13(12)16;1-3-7(2)13(15)18-11-5-8-4-9(11)12-10(8)6-17-14(12)16;;;;;;;;/h9-14H,5-8H2,1-4H3;8-14H,4-7H2,1-3H3;8-12H,4-7H2,1-3H3;7-12H,3-6H2,1-2H3;8*1H4. The molecule has 88 heavy (non-hydrogen) atoms. The van der Waals surface area contributed by atoms with Crippen LogP contribution in [0.15, 0.2) is 0 Å². The monoisotopic (exact) mass is 1250 g/mol. The van der Waals surface area contributed by atoms with E-state index >= 15 is 0 Å². The number of carbonyl (C=O) groups excluding carboxylic acids is 8. The third kappa shape index (κ3) is 15.1. The van der Waals surface area contributed by atoms with Crippen LogP contribution >= 0.6 is 0 Å². The van der Waals surface area contributed by atoms with E-state index in [1.165, 1.54) is 0 Å². The van der Waals surface area contributed by atoms with Crippen molar-refractivity contribution in [3.05, 3.63) is 0 Å². The quantitative estimate of drug-likeness (QED) is 0.103. The summed E-state index contributed by atoms with van der Waals surface area (Å²) in [5.74, 6) is 2.10. The van der Waals surface area contributed by atoms with Gasteiger partial charge in [0.15, 0.2) is 0 Å². The number of fused-ring (bicyclic) bond motifs is 20. The van der Waals surface area contributed by atoms with Crippen molar-refractivity contribution in [1.29, 1.82) is 0 Å². The Morgan fingerprint density at radius 2 is 0.716 bits per heavy atom. The van der Waals surface area contributed by atoms with Gasteiger partial charge in [0.2, 0.25) is 0 Å². The number of esters is 8. The lowest BCUT2D eigenvalue weighted by molar-refractivity contribution is -0.176. The SMILES string of the molecule is C.C.C.C.C.C.C.C.CCC(C)(C)C(=O)OC1CC2CC1C1C(=O)OCC21.CCC(C)C(=O)OC1CC2CC1C1C(=O)OCC21.CCOC1C2CC(C3COC(=O)C32)C1OC(=O)C(C)(C)CC.CCOC1C2CC(C3COC(=O)C32)C1OC(=O)C(C)CC. The highest BCUT2D eigenvalue weighted by Gasteiger charge is 2.67. The van der Waals surface area contributed by atoms with Gasteiger partial charge in [0.25, 0.3) is 0 Å². The van der Waals surface area contributed by atoms with E-state index in [4.69, 9.17) is 47.4 Å². The molecule has 4 heterocycles. The minimum atomic E-state index is -0.486. The normalized spacial score (nSPS) is 37.3. The maximum atomic E-state index is 12.5. The molecule has 0 N–H and O–H groups in total. The van der Waals surface area contributed by atoms with Gasteiger partial charge in [-0.2, -0.15) is 0 Å². The summed E-state index contributed by atoms with van der Waals surface area (Å²) >= 11 is 0. The van der Waals surface area contributed by atoms with E-state index in [0.29, 0.717) is 63.3 Å². The number of hydrogen-bond donors (Lipinski definition) is 0. The third-order valence-electron chi connectivity index (χ3n) is 22.0. The highest BCUT2D eigenvalue weighted by molar-refractivity contribution is 5.80. The largest absolute Gasteiger partial charge is 0.465 e. The Kier molecular flexibility index (Phi) is 30.4. The molecule has 24 atom stereocenters. The summed E-state index contributed by atoms with van der Waals surface area (Å²) in [5, 5.41) is 0. The molecule has 8 saturated carbocycles. The average molecular weight is 1250 g/mol. The summed E-state index contributed by atoms with van der Waals surface area (Å²) in [6, 6.07) is 0. The molecule has 12 fully saturated rings. The van der Waals surface area contributed by atoms with Crippen LogP contribution in [0.25, 0.3) is 0 Å². The highest BCUT2D eigenvalue weighted by atomic mass is 16.6.